The van der Waals surface area contributed by atoms with Crippen molar-refractivity contribution in [1.29, 1.82) is 0 Å². The maximum Gasteiger partial charge on any atom is 2.00 e. The van der Waals surface area contributed by atoms with Gasteiger partial charge in [-0.2, -0.15) is 0 Å². The molecule has 0 saturated heterocycles. The molecular weight excluding hydrogens is 1310 g/mol. The van der Waals surface area contributed by atoms with Crippen LogP contribution in [-0.4, -0.2) is 63.7 Å². The third kappa shape index (κ3) is 73.4. The number of hydrogen-bond acceptors (Lipinski definition) is 6. The average molecular weight is 1480 g/mol. The Labute approximate surface area is 662 Å². The molecule has 0 fully saturated rings. The summed E-state index contributed by atoms with van der Waals surface area (Å²) < 4.78 is 68.3. The Balaban J connectivity index is 0.00000196. The first kappa shape index (κ1) is 101. The minimum absolute atomic E-state index is 0. The van der Waals surface area contributed by atoms with Gasteiger partial charge in [-0.3, -0.25) is 0 Å². The van der Waals surface area contributed by atoms with Gasteiger partial charge in [0, 0.05) is 0 Å². The molecule has 9 heteroatoms. The van der Waals surface area contributed by atoms with Gasteiger partial charge in [0.25, 0.3) is 0 Å². The molecule has 588 valence electrons. The molecule has 2 aromatic rings. The average Bonchev–Trinajstić information content (AvgIpc) is 0.853. The summed E-state index contributed by atoms with van der Waals surface area (Å²) in [6, 6.07) is 13.3. The van der Waals surface area contributed by atoms with Crippen LogP contribution in [0.25, 0.3) is 0 Å². The monoisotopic (exact) mass is 1480 g/mol. The summed E-state index contributed by atoms with van der Waals surface area (Å²) in [4.78, 5) is -0.0805. The molecule has 2 aromatic carbocycles. The maximum atomic E-state index is 11.4. The standard InChI is InChI=1S/2C46H86O3S.Ca/c2*1-2-3-4-5-6-7-8-9-10-11-12-13-14-15-16-17-18-19-20-21-22-23-24-25-26-27-28-29-30-31-32-33-34-35-36-37-38-39-42-45-43-40-41-44-46(45)50(47,48)49;/h2*40-41,43-44H,2-39,42H2,1H3,(H,47,48,49);/q;;+2/p-2. The summed E-state index contributed by atoms with van der Waals surface area (Å²) >= 11 is 0. The zero-order valence-electron chi connectivity index (χ0n) is 67.7. The molecular formula is C92H170CaO6S2. The van der Waals surface area contributed by atoms with E-state index in [9.17, 15) is 25.9 Å². The van der Waals surface area contributed by atoms with E-state index in [0.717, 1.165) is 25.7 Å². The van der Waals surface area contributed by atoms with Crippen LogP contribution in [0.3, 0.4) is 0 Å². The molecule has 0 aliphatic carbocycles. The molecule has 0 aliphatic rings. The fraction of sp³-hybridized carbons (Fsp3) is 0.870. The van der Waals surface area contributed by atoms with Crippen molar-refractivity contribution in [3.63, 3.8) is 0 Å². The Hall–Kier alpha value is -0.480. The van der Waals surface area contributed by atoms with Crippen molar-refractivity contribution < 1.29 is 25.9 Å². The molecule has 2 rings (SSSR count). The maximum absolute atomic E-state index is 11.4. The molecule has 0 aromatic heterocycles. The zero-order valence-corrected chi connectivity index (χ0v) is 71.6. The van der Waals surface area contributed by atoms with Crippen LogP contribution in [-0.2, 0) is 33.1 Å². The van der Waals surface area contributed by atoms with Crippen molar-refractivity contribution in [2.24, 2.45) is 0 Å². The molecule has 101 heavy (non-hydrogen) atoms. The minimum Gasteiger partial charge on any atom is -0.744 e. The topological polar surface area (TPSA) is 114 Å². The Kier molecular flexibility index (Phi) is 80.1. The Morgan fingerprint density at radius 2 is 0.297 bits per heavy atom. The van der Waals surface area contributed by atoms with Crippen molar-refractivity contribution in [2.45, 2.75) is 524 Å². The van der Waals surface area contributed by atoms with Crippen molar-refractivity contribution in [3.8, 4) is 0 Å². The van der Waals surface area contributed by atoms with Gasteiger partial charge in [0.2, 0.25) is 0 Å². The number of unbranched alkanes of at least 4 members (excludes halogenated alkanes) is 74. The summed E-state index contributed by atoms with van der Waals surface area (Å²) in [7, 11) is -8.74. The molecule has 0 spiro atoms. The van der Waals surface area contributed by atoms with Gasteiger partial charge in [0.05, 0.1) is 9.79 Å². The fourth-order valence-electron chi connectivity index (χ4n) is 15.4. The van der Waals surface area contributed by atoms with E-state index in [4.69, 9.17) is 0 Å². The van der Waals surface area contributed by atoms with Gasteiger partial charge in [-0.25, -0.2) is 16.8 Å². The number of aryl methyl sites for hydroxylation is 2. The van der Waals surface area contributed by atoms with E-state index in [-0.39, 0.29) is 47.5 Å². The van der Waals surface area contributed by atoms with E-state index >= 15 is 0 Å². The second-order valence-electron chi connectivity index (χ2n) is 31.8. The van der Waals surface area contributed by atoms with Crippen molar-refractivity contribution in [2.75, 3.05) is 0 Å². The largest absolute Gasteiger partial charge is 2.00 e. The minimum atomic E-state index is -4.37. The summed E-state index contributed by atoms with van der Waals surface area (Å²) in [5, 5.41) is 0. The van der Waals surface area contributed by atoms with Crippen LogP contribution in [0.2, 0.25) is 0 Å². The van der Waals surface area contributed by atoms with Crippen LogP contribution in [0, 0.1) is 0 Å². The van der Waals surface area contributed by atoms with Gasteiger partial charge in [0.1, 0.15) is 20.2 Å². The fourth-order valence-corrected chi connectivity index (χ4v) is 16.9. The molecule has 0 atom stereocenters. The van der Waals surface area contributed by atoms with Gasteiger partial charge in [-0.15, -0.1) is 0 Å². The number of benzene rings is 2. The molecule has 0 N–H and O–H groups in total. The summed E-state index contributed by atoms with van der Waals surface area (Å²) in [6.45, 7) is 4.61. The summed E-state index contributed by atoms with van der Waals surface area (Å²) in [5.74, 6) is 0. The third-order valence-electron chi connectivity index (χ3n) is 22.1. The Bertz CT molecular complexity index is 2010. The van der Waals surface area contributed by atoms with Crippen molar-refractivity contribution in [1.82, 2.24) is 0 Å². The second-order valence-corrected chi connectivity index (χ2v) is 34.5. The summed E-state index contributed by atoms with van der Waals surface area (Å²) in [5.41, 5.74) is 1.35. The summed E-state index contributed by atoms with van der Waals surface area (Å²) in [6.07, 6.45) is 109. The van der Waals surface area contributed by atoms with E-state index in [2.05, 4.69) is 13.8 Å². The zero-order chi connectivity index (χ0) is 72.1. The van der Waals surface area contributed by atoms with E-state index in [1.165, 1.54) is 474 Å². The molecule has 0 bridgehead atoms. The number of hydrogen-bond donors (Lipinski definition) is 0. The Morgan fingerprint density at radius 3 is 0.416 bits per heavy atom. The van der Waals surface area contributed by atoms with Crippen LogP contribution in [0.4, 0.5) is 0 Å². The van der Waals surface area contributed by atoms with Crippen LogP contribution in [0.1, 0.15) is 513 Å². The van der Waals surface area contributed by atoms with Crippen molar-refractivity contribution >= 4 is 58.0 Å². The first-order chi connectivity index (χ1) is 49.1. The van der Waals surface area contributed by atoms with Gasteiger partial charge >= 0.3 is 37.7 Å². The van der Waals surface area contributed by atoms with Crippen LogP contribution in [0.15, 0.2) is 58.3 Å². The van der Waals surface area contributed by atoms with Crippen LogP contribution < -0.4 is 0 Å². The second kappa shape index (κ2) is 80.5. The van der Waals surface area contributed by atoms with Gasteiger partial charge in [0.15, 0.2) is 0 Å². The first-order valence-electron chi connectivity index (χ1n) is 45.2. The third-order valence-corrected chi connectivity index (χ3v) is 24.0. The molecule has 0 unspecified atom stereocenters. The van der Waals surface area contributed by atoms with E-state index in [1.807, 2.05) is 12.1 Å². The molecule has 0 heterocycles. The number of rotatable bonds is 80. The van der Waals surface area contributed by atoms with E-state index in [0.29, 0.717) is 24.0 Å². The van der Waals surface area contributed by atoms with Crippen LogP contribution >= 0.6 is 0 Å². The SMILES string of the molecule is CCCCCCCCCCCCCCCCCCCCCCCCCCCCCCCCCCCCCCCCc1ccccc1S(=O)(=O)[O-].CCCCCCCCCCCCCCCCCCCCCCCCCCCCCCCCCCCCCCCCc1ccccc1S(=O)(=O)[O-].[Ca+2]. The molecule has 0 amide bonds. The normalized spacial score (nSPS) is 11.8. The predicted molar refractivity (Wildman–Crippen MR) is 444 cm³/mol. The van der Waals surface area contributed by atoms with Gasteiger partial charge in [-0.05, 0) is 48.9 Å². The van der Waals surface area contributed by atoms with E-state index in [1.54, 1.807) is 24.3 Å². The molecule has 0 aliphatic heterocycles. The van der Waals surface area contributed by atoms with E-state index < -0.39 is 20.2 Å². The quantitative estimate of drug-likeness (QED) is 0.0370. The first-order valence-corrected chi connectivity index (χ1v) is 48.0. The molecule has 6 nitrogen and oxygen atoms in total. The smallest absolute Gasteiger partial charge is 0.744 e. The molecule has 0 saturated carbocycles. The predicted octanol–water partition coefficient (Wildman–Crippen LogP) is 31.6. The van der Waals surface area contributed by atoms with Gasteiger partial charge in [-0.1, -0.05) is 525 Å². The Morgan fingerprint density at radius 1 is 0.188 bits per heavy atom. The molecule has 0 radical (unpaired) electrons. The van der Waals surface area contributed by atoms with Crippen molar-refractivity contribution in [3.05, 3.63) is 59.7 Å². The van der Waals surface area contributed by atoms with Gasteiger partial charge < -0.3 is 9.11 Å². The van der Waals surface area contributed by atoms with Crippen LogP contribution in [0.5, 0.6) is 0 Å².